The van der Waals surface area contributed by atoms with Gasteiger partial charge >= 0.3 is 6.09 Å². The number of cyclic esters (lactones) is 1. The van der Waals surface area contributed by atoms with Gasteiger partial charge in [0.25, 0.3) is 5.91 Å². The van der Waals surface area contributed by atoms with Crippen LogP contribution in [0.4, 0.5) is 4.79 Å². The molecule has 1 saturated heterocycles. The quantitative estimate of drug-likeness (QED) is 0.240. The Balaban J connectivity index is 1.35. The highest BCUT2D eigenvalue weighted by atomic mass is 32.2. The number of alkyl carbamates (subject to hydrolysis) is 1. The first-order valence-electron chi connectivity index (χ1n) is 17.8. The van der Waals surface area contributed by atoms with E-state index in [1.54, 1.807) is 13.1 Å². The van der Waals surface area contributed by atoms with E-state index in [4.69, 9.17) is 9.47 Å². The Morgan fingerprint density at radius 2 is 1.98 bits per heavy atom. The van der Waals surface area contributed by atoms with Crippen LogP contribution in [0.15, 0.2) is 61.8 Å². The fourth-order valence-electron chi connectivity index (χ4n) is 6.79. The van der Waals surface area contributed by atoms with E-state index in [9.17, 15) is 32.4 Å². The van der Waals surface area contributed by atoms with Crippen LogP contribution in [0.2, 0.25) is 0 Å². The number of carbonyl (C=O) groups excluding carboxylic acids is 5. The summed E-state index contributed by atoms with van der Waals surface area (Å²) in [7, 11) is -3.93. The minimum atomic E-state index is -3.93. The maximum absolute atomic E-state index is 14.5. The number of sulfonamides is 1. The lowest BCUT2D eigenvalue weighted by atomic mass is 10.1. The highest BCUT2D eigenvalue weighted by Crippen LogP contribution is 2.45. The molecule has 3 fully saturated rings. The number of hydrogen-bond donors (Lipinski definition) is 3. The molecule has 1 aromatic carbocycles. The maximum Gasteiger partial charge on any atom is 0.407 e. The first-order chi connectivity index (χ1) is 25.4. The number of hydrogen-bond acceptors (Lipinski definition) is 10. The van der Waals surface area contributed by atoms with Gasteiger partial charge in [-0.2, -0.15) is 0 Å². The minimum absolute atomic E-state index is 0.0354. The molecule has 1 aromatic heterocycles. The topological polar surface area (TPSA) is 193 Å². The van der Waals surface area contributed by atoms with Gasteiger partial charge in [0.15, 0.2) is 0 Å². The number of allylic oxidation sites excluding steroid dienone is 1. The second kappa shape index (κ2) is 15.4. The third-order valence-corrected chi connectivity index (χ3v) is 11.9. The average molecular weight is 749 g/mol. The summed E-state index contributed by atoms with van der Waals surface area (Å²) in [5.74, 6) is -3.05. The van der Waals surface area contributed by atoms with Crippen molar-refractivity contribution in [3.8, 4) is 5.88 Å². The highest BCUT2D eigenvalue weighted by molar-refractivity contribution is 7.91. The van der Waals surface area contributed by atoms with Crippen molar-refractivity contribution in [2.24, 2.45) is 5.92 Å². The second-order valence-electron chi connectivity index (χ2n) is 13.7. The molecular weight excluding hydrogens is 705 g/mol. The van der Waals surface area contributed by atoms with Crippen LogP contribution in [0.25, 0.3) is 16.8 Å². The first kappa shape index (κ1) is 37.5. The fraction of sp³-hybridized carbons (Fsp3) is 0.459. The van der Waals surface area contributed by atoms with Gasteiger partial charge in [-0.15, -0.1) is 6.58 Å². The number of benzene rings is 1. The highest BCUT2D eigenvalue weighted by Gasteiger charge is 2.62. The molecular formula is C37H44N6O9S. The molecule has 16 heteroatoms. The summed E-state index contributed by atoms with van der Waals surface area (Å²) in [6.45, 7) is 8.86. The Labute approximate surface area is 307 Å². The Hall–Kier alpha value is -5.25. The number of nitrogens with zero attached hydrogens (tertiary/aromatic N) is 3. The molecule has 4 bridgehead atoms. The Morgan fingerprint density at radius 3 is 2.68 bits per heavy atom. The van der Waals surface area contributed by atoms with Crippen LogP contribution < -0.4 is 20.1 Å². The molecule has 0 radical (unpaired) electrons. The van der Waals surface area contributed by atoms with Crippen molar-refractivity contribution in [2.75, 3.05) is 26.2 Å². The molecule has 5 amide bonds. The lowest BCUT2D eigenvalue weighted by Gasteiger charge is -2.31. The van der Waals surface area contributed by atoms with Crippen LogP contribution in [0.3, 0.4) is 0 Å². The van der Waals surface area contributed by atoms with Crippen molar-refractivity contribution >= 4 is 56.6 Å². The molecule has 15 nitrogen and oxygen atoms in total. The van der Waals surface area contributed by atoms with Gasteiger partial charge in [0.05, 0.1) is 24.9 Å². The van der Waals surface area contributed by atoms with Gasteiger partial charge in [-0.05, 0) is 68.2 Å². The molecule has 5 atom stereocenters. The molecule has 4 aliphatic rings. The summed E-state index contributed by atoms with van der Waals surface area (Å²) in [6, 6.07) is 5.08. The maximum atomic E-state index is 14.5. The van der Waals surface area contributed by atoms with Crippen LogP contribution in [0, 0.1) is 5.92 Å². The van der Waals surface area contributed by atoms with Crippen LogP contribution in [0.5, 0.6) is 5.88 Å². The standard InChI is InChI=1S/C37H44N6O9S/c1-4-25-20-37(25,35(47)41-53(49,50)27-13-14-27)40-32(45)30-19-26-21-43(30)34(46)29(22-42(6-3)31(44)5-2)39-36(48)51-17-9-7-8-10-23-11-12-24-15-16-38-33(52-26)28(24)18-23/h4-5,8,10-12,15-16,18,25-27,29-30H,1-2,6-7,9,13-14,17,19-22H2,3H3,(H,39,48)(H,40,45)(H,41,47)/b10-8+/t25-,26-,29+,30+,37-/m1/s1. The normalized spacial score (nSPS) is 26.5. The van der Waals surface area contributed by atoms with E-state index in [0.29, 0.717) is 31.6 Å². The number of amides is 5. The lowest BCUT2D eigenvalue weighted by Crippen LogP contribution is -2.60. The number of ether oxygens (including phenoxy) is 2. The molecule has 2 aliphatic carbocycles. The average Bonchev–Trinajstić information content (AvgIpc) is 4.07. The number of carbonyl (C=O) groups is 5. The number of rotatable bonds is 10. The van der Waals surface area contributed by atoms with Crippen molar-refractivity contribution in [1.82, 2.24) is 30.1 Å². The number of fused-ring (bicyclic) bond motifs is 3. The Morgan fingerprint density at radius 1 is 1.19 bits per heavy atom. The second-order valence-corrected chi connectivity index (χ2v) is 15.7. The zero-order valence-electron chi connectivity index (χ0n) is 29.5. The molecule has 0 unspecified atom stereocenters. The van der Waals surface area contributed by atoms with Crippen LogP contribution in [-0.2, 0) is 33.9 Å². The summed E-state index contributed by atoms with van der Waals surface area (Å²) < 4.78 is 39.3. The SMILES string of the molecule is C=CC(=O)N(CC)C[C@@H]1NC(=O)OCCC/C=C/c2ccc3ccnc(c3c2)O[C@@H]2C[C@@H](C(=O)N[C@]3(C(=O)NS(=O)(=O)C4CC4)C[C@H]3C=C)N(C2)C1=O. The summed E-state index contributed by atoms with van der Waals surface area (Å²) >= 11 is 0. The van der Waals surface area contributed by atoms with E-state index >= 15 is 0 Å². The molecule has 2 saturated carbocycles. The van der Waals surface area contributed by atoms with E-state index in [0.717, 1.165) is 22.4 Å². The number of aromatic nitrogens is 1. The third-order valence-electron chi connectivity index (χ3n) is 10.0. The van der Waals surface area contributed by atoms with Crippen molar-refractivity contribution in [3.05, 3.63) is 67.4 Å². The molecule has 2 aliphatic heterocycles. The van der Waals surface area contributed by atoms with Crippen molar-refractivity contribution in [2.45, 2.75) is 74.4 Å². The van der Waals surface area contributed by atoms with E-state index < -0.39 is 74.6 Å². The minimum Gasteiger partial charge on any atom is -0.472 e. The van der Waals surface area contributed by atoms with Crippen LogP contribution >= 0.6 is 0 Å². The molecule has 282 valence electrons. The van der Waals surface area contributed by atoms with Gasteiger partial charge in [-0.3, -0.25) is 23.9 Å². The van der Waals surface area contributed by atoms with Crippen molar-refractivity contribution in [3.63, 3.8) is 0 Å². The predicted molar refractivity (Wildman–Crippen MR) is 195 cm³/mol. The smallest absolute Gasteiger partial charge is 0.407 e. The number of nitrogens with one attached hydrogen (secondary N) is 3. The number of pyridine rings is 1. The Bertz CT molecular complexity index is 1960. The van der Waals surface area contributed by atoms with Gasteiger partial charge in [-0.1, -0.05) is 36.9 Å². The first-order valence-corrected chi connectivity index (χ1v) is 19.3. The van der Waals surface area contributed by atoms with Crippen LogP contribution in [0.1, 0.15) is 51.0 Å². The largest absolute Gasteiger partial charge is 0.472 e. The van der Waals surface area contributed by atoms with E-state index in [-0.39, 0.29) is 39.1 Å². The summed E-state index contributed by atoms with van der Waals surface area (Å²) in [4.78, 5) is 75.0. The molecule has 53 heavy (non-hydrogen) atoms. The molecule has 3 N–H and O–H groups in total. The Kier molecular flexibility index (Phi) is 10.9. The van der Waals surface area contributed by atoms with Gasteiger partial charge in [0, 0.05) is 30.5 Å². The van der Waals surface area contributed by atoms with E-state index in [2.05, 4.69) is 33.5 Å². The van der Waals surface area contributed by atoms with E-state index in [1.165, 1.54) is 15.9 Å². The van der Waals surface area contributed by atoms with Crippen LogP contribution in [-0.4, -0.2) is 108 Å². The van der Waals surface area contributed by atoms with Gasteiger partial charge in [0.1, 0.15) is 23.7 Å². The molecule has 6 rings (SSSR count). The summed E-state index contributed by atoms with van der Waals surface area (Å²) in [6.07, 6.45) is 8.47. The zero-order chi connectivity index (χ0) is 37.9. The van der Waals surface area contributed by atoms with Gasteiger partial charge in [0.2, 0.25) is 33.6 Å². The van der Waals surface area contributed by atoms with Crippen molar-refractivity contribution in [1.29, 1.82) is 0 Å². The van der Waals surface area contributed by atoms with Gasteiger partial charge < -0.3 is 29.9 Å². The van der Waals surface area contributed by atoms with Crippen molar-refractivity contribution < 1.29 is 41.9 Å². The fourth-order valence-corrected chi connectivity index (χ4v) is 8.15. The number of likely N-dealkylation sites (N-methyl/N-ethyl adjacent to an activating group) is 1. The molecule has 3 heterocycles. The monoisotopic (exact) mass is 748 g/mol. The lowest BCUT2D eigenvalue weighted by molar-refractivity contribution is -0.142. The molecule has 0 spiro atoms. The summed E-state index contributed by atoms with van der Waals surface area (Å²) in [5, 5.41) is 6.25. The summed E-state index contributed by atoms with van der Waals surface area (Å²) in [5.41, 5.74) is -0.708. The zero-order valence-corrected chi connectivity index (χ0v) is 30.3. The molecule has 2 aromatic rings. The predicted octanol–water partition coefficient (Wildman–Crippen LogP) is 2.19. The van der Waals surface area contributed by atoms with E-state index in [1.807, 2.05) is 36.4 Å². The van der Waals surface area contributed by atoms with Gasteiger partial charge in [-0.25, -0.2) is 18.2 Å². The third kappa shape index (κ3) is 8.22.